The molecule has 5 rings (SSSR count). The molecule has 208 valence electrons. The molecule has 2 saturated heterocycles. The molecule has 11 nitrogen and oxygen atoms in total. The second-order valence-corrected chi connectivity index (χ2v) is 12.2. The number of carbonyl (C=O) groups excluding carboxylic acids is 3. The molecule has 12 heteroatoms. The molecule has 4 atom stereocenters. The highest BCUT2D eigenvalue weighted by atomic mass is 32.2. The molecule has 3 aromatic rings. The number of benzene rings is 2. The van der Waals surface area contributed by atoms with Gasteiger partial charge in [0, 0.05) is 23.8 Å². The van der Waals surface area contributed by atoms with Gasteiger partial charge in [-0.1, -0.05) is 65.9 Å². The molecule has 2 aromatic carbocycles. The van der Waals surface area contributed by atoms with Crippen molar-refractivity contribution < 1.29 is 24.3 Å². The number of β-lactam (4-membered cyclic amide) rings is 1. The van der Waals surface area contributed by atoms with Crippen molar-refractivity contribution in [3.05, 3.63) is 83.7 Å². The molecule has 3 N–H and O–H groups in total. The van der Waals surface area contributed by atoms with Crippen molar-refractivity contribution in [1.82, 2.24) is 30.5 Å². The number of fused-ring (bicyclic) bond motifs is 1. The normalized spacial score (nSPS) is 21.7. The third kappa shape index (κ3) is 5.57. The molecule has 0 radical (unpaired) electrons. The van der Waals surface area contributed by atoms with Crippen molar-refractivity contribution in [2.75, 3.05) is 0 Å². The Morgan fingerprint density at radius 3 is 2.42 bits per heavy atom. The maximum Gasteiger partial charge on any atom is 0.327 e. The van der Waals surface area contributed by atoms with E-state index in [1.54, 1.807) is 55.1 Å². The minimum Gasteiger partial charge on any atom is -0.480 e. The Morgan fingerprint density at radius 2 is 1.75 bits per heavy atom. The molecule has 0 spiro atoms. The Hall–Kier alpha value is -4.19. The van der Waals surface area contributed by atoms with Gasteiger partial charge in [-0.25, -0.2) is 9.48 Å². The van der Waals surface area contributed by atoms with Crippen LogP contribution in [0.3, 0.4) is 0 Å². The van der Waals surface area contributed by atoms with E-state index in [0.29, 0.717) is 24.2 Å². The van der Waals surface area contributed by atoms with Crippen molar-refractivity contribution in [1.29, 1.82) is 0 Å². The van der Waals surface area contributed by atoms with Crippen LogP contribution in [0.15, 0.2) is 66.9 Å². The minimum atomic E-state index is -1.08. The number of carbonyl (C=O) groups is 4. The monoisotopic (exact) mass is 562 g/mol. The number of hydrogen-bond acceptors (Lipinski definition) is 7. The van der Waals surface area contributed by atoms with Crippen molar-refractivity contribution in [3.63, 3.8) is 0 Å². The van der Waals surface area contributed by atoms with Crippen molar-refractivity contribution in [2.24, 2.45) is 0 Å². The Bertz CT molecular complexity index is 1410. The molecule has 3 amide bonds. The van der Waals surface area contributed by atoms with E-state index in [4.69, 9.17) is 0 Å². The molecule has 2 aliphatic rings. The topological polar surface area (TPSA) is 147 Å². The van der Waals surface area contributed by atoms with Crippen molar-refractivity contribution in [2.45, 2.75) is 61.5 Å². The molecule has 0 aliphatic carbocycles. The van der Waals surface area contributed by atoms with Gasteiger partial charge >= 0.3 is 5.97 Å². The maximum atomic E-state index is 13.4. The van der Waals surface area contributed by atoms with Crippen LogP contribution in [0.1, 0.15) is 43.1 Å². The smallest absolute Gasteiger partial charge is 0.327 e. The van der Waals surface area contributed by atoms with Crippen molar-refractivity contribution in [3.8, 4) is 0 Å². The fourth-order valence-corrected chi connectivity index (χ4v) is 6.73. The minimum absolute atomic E-state index is 0.0870. The van der Waals surface area contributed by atoms with Crippen LogP contribution >= 0.6 is 11.8 Å². The Labute approximate surface area is 235 Å². The standard InChI is InChI=1S/C28H30N6O5S/c1-28(2)23(27(38)39)34-25(37)22(26(34)40-28)30-24(36)21(18-11-7-4-8-12-18)29-20(35)14-13-19-16-33(32-31-19)15-17-9-5-3-6-10-17/h3-12,16,21-23,26H,13-15H2,1-2H3,(H,29,35)(H,30,36)(H,38,39)/t21-,22-,23+,26-/m1/s1. The summed E-state index contributed by atoms with van der Waals surface area (Å²) in [5, 5.41) is 23.0. The predicted octanol–water partition coefficient (Wildman–Crippen LogP) is 1.75. The van der Waals surface area contributed by atoms with Crippen LogP contribution in [0.4, 0.5) is 0 Å². The van der Waals surface area contributed by atoms with Crippen LogP contribution in [-0.4, -0.2) is 70.9 Å². The lowest BCUT2D eigenvalue weighted by Crippen LogP contribution is -2.71. The summed E-state index contributed by atoms with van der Waals surface area (Å²) in [5.41, 5.74) is 2.30. The van der Waals surface area contributed by atoms with Crippen LogP contribution < -0.4 is 10.6 Å². The molecule has 1 aromatic heterocycles. The zero-order valence-electron chi connectivity index (χ0n) is 22.1. The third-order valence-electron chi connectivity index (χ3n) is 7.05. The first-order valence-corrected chi connectivity index (χ1v) is 13.8. The van der Waals surface area contributed by atoms with E-state index in [1.165, 1.54) is 16.7 Å². The number of amides is 3. The van der Waals surface area contributed by atoms with Gasteiger partial charge in [-0.05, 0) is 25.0 Å². The van der Waals surface area contributed by atoms with Gasteiger partial charge in [-0.3, -0.25) is 14.4 Å². The molecular formula is C28H30N6O5S. The van der Waals surface area contributed by atoms with Crippen LogP contribution in [0.5, 0.6) is 0 Å². The summed E-state index contributed by atoms with van der Waals surface area (Å²) in [5.74, 6) is -2.41. The van der Waals surface area contributed by atoms with Gasteiger partial charge in [0.1, 0.15) is 23.5 Å². The van der Waals surface area contributed by atoms with Gasteiger partial charge in [0.25, 0.3) is 0 Å². The lowest BCUT2D eigenvalue weighted by atomic mass is 9.95. The molecule has 2 aliphatic heterocycles. The first-order valence-electron chi connectivity index (χ1n) is 12.9. The van der Waals surface area contributed by atoms with E-state index in [2.05, 4.69) is 20.9 Å². The summed E-state index contributed by atoms with van der Waals surface area (Å²) in [6.45, 7) is 4.11. The average Bonchev–Trinajstić information content (AvgIpc) is 3.49. The first kappa shape index (κ1) is 27.4. The van der Waals surface area contributed by atoms with E-state index in [0.717, 1.165) is 5.56 Å². The first-order chi connectivity index (χ1) is 19.1. The van der Waals surface area contributed by atoms with Crippen LogP contribution in [0.2, 0.25) is 0 Å². The number of nitrogens with one attached hydrogen (secondary N) is 2. The van der Waals surface area contributed by atoms with Gasteiger partial charge < -0.3 is 20.6 Å². The summed E-state index contributed by atoms with van der Waals surface area (Å²) in [6, 6.07) is 15.7. The number of nitrogens with zero attached hydrogens (tertiary/aromatic N) is 4. The predicted molar refractivity (Wildman–Crippen MR) is 147 cm³/mol. The molecule has 3 heterocycles. The maximum absolute atomic E-state index is 13.4. The van der Waals surface area contributed by atoms with E-state index >= 15 is 0 Å². The highest BCUT2D eigenvalue weighted by molar-refractivity contribution is 8.01. The molecule has 0 saturated carbocycles. The van der Waals surface area contributed by atoms with E-state index in [9.17, 15) is 24.3 Å². The number of thioether (sulfide) groups is 1. The van der Waals surface area contributed by atoms with Crippen LogP contribution in [0.25, 0.3) is 0 Å². The SMILES string of the molecule is CC1(C)S[C@@H]2[C@H](NC(=O)[C@H](NC(=O)CCc3cn(Cc4ccccc4)nn3)c3ccccc3)C(=O)N2[C@H]1C(=O)O. The molecule has 2 fully saturated rings. The van der Waals surface area contributed by atoms with Crippen molar-refractivity contribution >= 4 is 35.5 Å². The second-order valence-electron chi connectivity index (χ2n) is 10.4. The average molecular weight is 563 g/mol. The van der Waals surface area contributed by atoms with E-state index in [-0.39, 0.29) is 12.3 Å². The fourth-order valence-electron chi connectivity index (χ4n) is 5.10. The Kier molecular flexibility index (Phi) is 7.61. The number of carboxylic acids is 1. The summed E-state index contributed by atoms with van der Waals surface area (Å²) in [4.78, 5) is 52.3. The number of aliphatic carboxylic acids is 1. The van der Waals surface area contributed by atoms with Gasteiger partial charge in [-0.15, -0.1) is 16.9 Å². The van der Waals surface area contributed by atoms with E-state index in [1.807, 2.05) is 30.3 Å². The van der Waals surface area contributed by atoms with Gasteiger partial charge in [-0.2, -0.15) is 0 Å². The largest absolute Gasteiger partial charge is 0.480 e. The molecule has 40 heavy (non-hydrogen) atoms. The Balaban J connectivity index is 1.21. The Morgan fingerprint density at radius 1 is 1.07 bits per heavy atom. The lowest BCUT2D eigenvalue weighted by Gasteiger charge is -2.44. The molecule has 0 bridgehead atoms. The highest BCUT2D eigenvalue weighted by Crippen LogP contribution is 2.50. The molecule has 0 unspecified atom stereocenters. The lowest BCUT2D eigenvalue weighted by molar-refractivity contribution is -0.161. The second kappa shape index (κ2) is 11.1. The van der Waals surface area contributed by atoms with Crippen LogP contribution in [-0.2, 0) is 32.1 Å². The number of rotatable bonds is 10. The summed E-state index contributed by atoms with van der Waals surface area (Å²) in [6.07, 6.45) is 2.22. The summed E-state index contributed by atoms with van der Waals surface area (Å²) >= 11 is 1.34. The number of carboxylic acid groups (broad SMARTS) is 1. The van der Waals surface area contributed by atoms with Crippen LogP contribution in [0, 0.1) is 0 Å². The van der Waals surface area contributed by atoms with Gasteiger partial charge in [0.2, 0.25) is 17.7 Å². The van der Waals surface area contributed by atoms with E-state index < -0.39 is 46.0 Å². The summed E-state index contributed by atoms with van der Waals surface area (Å²) in [7, 11) is 0. The van der Waals surface area contributed by atoms with Gasteiger partial charge in [0.15, 0.2) is 0 Å². The van der Waals surface area contributed by atoms with Gasteiger partial charge in [0.05, 0.1) is 12.2 Å². The highest BCUT2D eigenvalue weighted by Gasteiger charge is 2.64. The molecular weight excluding hydrogens is 532 g/mol. The zero-order chi connectivity index (χ0) is 28.4. The zero-order valence-corrected chi connectivity index (χ0v) is 22.9. The number of aromatic nitrogens is 3. The number of hydrogen-bond donors (Lipinski definition) is 3. The fraction of sp³-hybridized carbons (Fsp3) is 0.357. The third-order valence-corrected chi connectivity index (χ3v) is 8.63. The number of aryl methyl sites for hydroxylation is 1. The quantitative estimate of drug-likeness (QED) is 0.317. The summed E-state index contributed by atoms with van der Waals surface area (Å²) < 4.78 is 1.00.